The van der Waals surface area contributed by atoms with Crippen molar-refractivity contribution in [3.05, 3.63) is 65.2 Å². The van der Waals surface area contributed by atoms with Crippen molar-refractivity contribution >= 4 is 17.4 Å². The van der Waals surface area contributed by atoms with Crippen molar-refractivity contribution in [3.8, 4) is 11.5 Å². The summed E-state index contributed by atoms with van der Waals surface area (Å²) in [5.41, 5.74) is 0.972. The van der Waals surface area contributed by atoms with Crippen LogP contribution in [0.15, 0.2) is 54.1 Å². The van der Waals surface area contributed by atoms with E-state index >= 15 is 0 Å². The van der Waals surface area contributed by atoms with Crippen LogP contribution in [-0.4, -0.2) is 57.0 Å². The summed E-state index contributed by atoms with van der Waals surface area (Å²) in [6.07, 6.45) is 0.00443. The van der Waals surface area contributed by atoms with Gasteiger partial charge in [-0.15, -0.1) is 0 Å². The van der Waals surface area contributed by atoms with E-state index in [0.717, 1.165) is 4.90 Å². The highest BCUT2D eigenvalue weighted by Gasteiger charge is 2.44. The van der Waals surface area contributed by atoms with Crippen LogP contribution in [0.4, 0.5) is 0 Å². The molecule has 1 atom stereocenters. The lowest BCUT2D eigenvalue weighted by Gasteiger charge is -2.28. The lowest BCUT2D eigenvalue weighted by molar-refractivity contribution is -0.857. The second-order valence-electron chi connectivity index (χ2n) is 8.40. The van der Waals surface area contributed by atoms with E-state index in [1.165, 1.54) is 4.90 Å². The number of hydrogen-bond acceptors (Lipinski definition) is 5. The first kappa shape index (κ1) is 23.3. The maximum absolute atomic E-state index is 13.4. The van der Waals surface area contributed by atoms with Crippen LogP contribution in [0.2, 0.25) is 0 Å². The molecule has 1 aliphatic heterocycles. The molecule has 1 fully saturated rings. The third-order valence-corrected chi connectivity index (χ3v) is 5.28. The number of likely N-dealkylation sites (tertiary alicyclic amines) is 1. The zero-order valence-corrected chi connectivity index (χ0v) is 19.2. The smallest absolute Gasteiger partial charge is 0.295 e. The minimum absolute atomic E-state index is 0.00443. The van der Waals surface area contributed by atoms with Crippen LogP contribution in [0.1, 0.15) is 31.0 Å². The summed E-state index contributed by atoms with van der Waals surface area (Å²) in [6.45, 7) is 4.83. The van der Waals surface area contributed by atoms with Crippen molar-refractivity contribution in [2.75, 3.05) is 34.3 Å². The maximum Gasteiger partial charge on any atom is 0.295 e. The zero-order chi connectivity index (χ0) is 23.4. The number of ether oxygens (including phenoxy) is 2. The number of rotatable bonds is 8. The Morgan fingerprint density at radius 2 is 1.78 bits per heavy atom. The number of carbonyl (C=O) groups excluding carboxylic acids is 2. The molecule has 0 spiro atoms. The van der Waals surface area contributed by atoms with Crippen LogP contribution in [0.25, 0.3) is 5.76 Å². The van der Waals surface area contributed by atoms with Crippen molar-refractivity contribution in [2.45, 2.75) is 26.0 Å². The van der Waals surface area contributed by atoms with E-state index in [0.29, 0.717) is 35.7 Å². The predicted octanol–water partition coefficient (Wildman–Crippen LogP) is 0.851. The first-order valence-corrected chi connectivity index (χ1v) is 10.7. The fraction of sp³-hybridized carbons (Fsp3) is 0.360. The van der Waals surface area contributed by atoms with Gasteiger partial charge in [-0.2, -0.15) is 0 Å². The van der Waals surface area contributed by atoms with Crippen molar-refractivity contribution in [3.63, 3.8) is 0 Å². The molecule has 0 bridgehead atoms. The molecule has 3 rings (SSSR count). The van der Waals surface area contributed by atoms with E-state index in [2.05, 4.69) is 0 Å². The lowest BCUT2D eigenvalue weighted by Crippen LogP contribution is -3.06. The Balaban J connectivity index is 2.09. The number of amides is 1. The zero-order valence-electron chi connectivity index (χ0n) is 19.2. The van der Waals surface area contributed by atoms with Gasteiger partial charge in [-0.3, -0.25) is 9.59 Å². The highest BCUT2D eigenvalue weighted by atomic mass is 16.5. The van der Waals surface area contributed by atoms with E-state index in [1.807, 2.05) is 27.9 Å². The van der Waals surface area contributed by atoms with Gasteiger partial charge in [0.05, 0.1) is 46.4 Å². The standard InChI is InChI=1S/C25H30N2O5/c1-16(2)32-19-11-9-17(10-12-19)23(28)21-22(18-7-6-8-20(15-18)31-5)27(14-13-26(3)4)25(30)24(21)29/h6-12,15-16,22,28H,13-14H2,1-5H3/b23-21+. The third-order valence-electron chi connectivity index (χ3n) is 5.28. The molecular weight excluding hydrogens is 408 g/mol. The average Bonchev–Trinajstić information content (AvgIpc) is 3.02. The first-order valence-electron chi connectivity index (χ1n) is 10.7. The number of quaternary nitrogens is 1. The number of likely N-dealkylation sites (N-methyl/N-ethyl adjacent to an activating group) is 1. The minimum atomic E-state index is -0.761. The molecule has 1 unspecified atom stereocenters. The number of Topliss-reactive ketones (excluding diaryl/α,β-unsaturated/α-hetero) is 1. The van der Waals surface area contributed by atoms with Crippen LogP contribution >= 0.6 is 0 Å². The van der Waals surface area contributed by atoms with Crippen LogP contribution in [0.5, 0.6) is 11.5 Å². The van der Waals surface area contributed by atoms with Crippen molar-refractivity contribution in [1.29, 1.82) is 0 Å². The van der Waals surface area contributed by atoms with Gasteiger partial charge in [0.2, 0.25) is 5.78 Å². The van der Waals surface area contributed by atoms with Gasteiger partial charge in [-0.1, -0.05) is 30.0 Å². The molecule has 1 amide bonds. The predicted molar refractivity (Wildman–Crippen MR) is 119 cm³/mol. The van der Waals surface area contributed by atoms with E-state index in [1.54, 1.807) is 55.6 Å². The molecule has 2 aromatic rings. The van der Waals surface area contributed by atoms with Gasteiger partial charge >= 0.3 is 0 Å². The quantitative estimate of drug-likeness (QED) is 0.375. The molecule has 7 heteroatoms. The number of hydrogen-bond donors (Lipinski definition) is 1. The molecule has 32 heavy (non-hydrogen) atoms. The first-order chi connectivity index (χ1) is 15.2. The minimum Gasteiger partial charge on any atom is -0.872 e. The Morgan fingerprint density at radius 3 is 2.38 bits per heavy atom. The topological polar surface area (TPSA) is 83.3 Å². The SMILES string of the molecule is COc1cccc(C2/C(=C(\[O-])c3ccc(OC(C)C)cc3)C(=O)C(=O)N2CC[NH+](C)C)c1. The van der Waals surface area contributed by atoms with E-state index in [9.17, 15) is 14.7 Å². The number of ketones is 1. The highest BCUT2D eigenvalue weighted by molar-refractivity contribution is 6.46. The van der Waals surface area contributed by atoms with Gasteiger partial charge in [0, 0.05) is 5.57 Å². The van der Waals surface area contributed by atoms with Gasteiger partial charge in [0.1, 0.15) is 11.5 Å². The molecular formula is C25H30N2O5. The maximum atomic E-state index is 13.4. The van der Waals surface area contributed by atoms with E-state index < -0.39 is 23.5 Å². The Hall–Kier alpha value is -3.32. The Kier molecular flexibility index (Phi) is 7.20. The summed E-state index contributed by atoms with van der Waals surface area (Å²) >= 11 is 0. The Morgan fingerprint density at radius 1 is 1.09 bits per heavy atom. The molecule has 1 aliphatic rings. The molecule has 1 saturated heterocycles. The molecule has 2 aromatic carbocycles. The van der Waals surface area contributed by atoms with Crippen LogP contribution in [-0.2, 0) is 9.59 Å². The number of methoxy groups -OCH3 is 1. The van der Waals surface area contributed by atoms with Crippen molar-refractivity contribution < 1.29 is 29.1 Å². The number of benzene rings is 2. The summed E-state index contributed by atoms with van der Waals surface area (Å²) in [4.78, 5) is 28.6. The molecule has 170 valence electrons. The fourth-order valence-electron chi connectivity index (χ4n) is 3.72. The van der Waals surface area contributed by atoms with Crippen molar-refractivity contribution in [2.24, 2.45) is 0 Å². The molecule has 0 aromatic heterocycles. The second kappa shape index (κ2) is 9.87. The van der Waals surface area contributed by atoms with E-state index in [-0.39, 0.29) is 11.7 Å². The molecule has 1 heterocycles. The average molecular weight is 439 g/mol. The highest BCUT2D eigenvalue weighted by Crippen LogP contribution is 2.39. The molecule has 0 radical (unpaired) electrons. The third kappa shape index (κ3) is 4.94. The van der Waals surface area contributed by atoms with Crippen LogP contribution in [0, 0.1) is 0 Å². The van der Waals surface area contributed by atoms with Crippen LogP contribution < -0.4 is 19.5 Å². The van der Waals surface area contributed by atoms with Gasteiger partial charge in [0.25, 0.3) is 5.91 Å². The van der Waals surface area contributed by atoms with Gasteiger partial charge in [-0.05, 0) is 49.2 Å². The number of nitrogens with one attached hydrogen (secondary N) is 1. The van der Waals surface area contributed by atoms with Gasteiger partial charge < -0.3 is 24.4 Å². The largest absolute Gasteiger partial charge is 0.872 e. The molecule has 0 aliphatic carbocycles. The van der Waals surface area contributed by atoms with Crippen LogP contribution in [0.3, 0.4) is 0 Å². The number of carbonyl (C=O) groups is 2. The summed E-state index contributed by atoms with van der Waals surface area (Å²) in [6, 6.07) is 13.0. The summed E-state index contributed by atoms with van der Waals surface area (Å²) in [7, 11) is 5.49. The normalized spacial score (nSPS) is 18.0. The second-order valence-corrected chi connectivity index (χ2v) is 8.40. The van der Waals surface area contributed by atoms with Gasteiger partial charge in [-0.25, -0.2) is 0 Å². The summed E-state index contributed by atoms with van der Waals surface area (Å²) in [5.74, 6) is -0.627. The molecule has 1 N–H and O–H groups in total. The Bertz CT molecular complexity index is 1010. The van der Waals surface area contributed by atoms with Gasteiger partial charge in [0.15, 0.2) is 0 Å². The summed E-state index contributed by atoms with van der Waals surface area (Å²) < 4.78 is 11.0. The van der Waals surface area contributed by atoms with E-state index in [4.69, 9.17) is 9.47 Å². The monoisotopic (exact) mass is 438 g/mol. The Labute approximate surface area is 188 Å². The fourth-order valence-corrected chi connectivity index (χ4v) is 3.72. The number of nitrogens with zero attached hydrogens (tertiary/aromatic N) is 1. The molecule has 7 nitrogen and oxygen atoms in total. The summed E-state index contributed by atoms with van der Waals surface area (Å²) in [5, 5.41) is 13.4. The van der Waals surface area contributed by atoms with Crippen molar-refractivity contribution in [1.82, 2.24) is 4.90 Å². The lowest BCUT2D eigenvalue weighted by atomic mass is 9.95. The molecule has 0 saturated carbocycles.